The van der Waals surface area contributed by atoms with Gasteiger partial charge in [-0.2, -0.15) is 13.2 Å². The van der Waals surface area contributed by atoms with Crippen molar-refractivity contribution in [2.24, 2.45) is 0 Å². The van der Waals surface area contributed by atoms with E-state index in [1.807, 2.05) is 0 Å². The van der Waals surface area contributed by atoms with Gasteiger partial charge in [-0.05, 0) is 18.6 Å². The van der Waals surface area contributed by atoms with Crippen LogP contribution in [0.3, 0.4) is 0 Å². The molecule has 1 rings (SSSR count). The fraction of sp³-hybridized carbons (Fsp3) is 0.182. The molecule has 0 aliphatic carbocycles. The van der Waals surface area contributed by atoms with Gasteiger partial charge in [-0.25, -0.2) is 0 Å². The maximum atomic E-state index is 11.9. The quantitative estimate of drug-likeness (QED) is 0.830. The molecule has 86 valence electrons. The molecular formula is C11H10F3NO. The second-order valence-electron chi connectivity index (χ2n) is 3.19. The Labute approximate surface area is 90.8 Å². The Bertz CT molecular complexity index is 395. The average Bonchev–Trinajstić information content (AvgIpc) is 2.17. The third-order valence-corrected chi connectivity index (χ3v) is 1.75. The first-order valence-corrected chi connectivity index (χ1v) is 4.51. The predicted octanol–water partition coefficient (Wildman–Crippen LogP) is 2.73. The molecular weight excluding hydrogens is 219 g/mol. The zero-order valence-corrected chi connectivity index (χ0v) is 8.51. The molecule has 0 saturated carbocycles. The van der Waals surface area contributed by atoms with Gasteiger partial charge in [0.1, 0.15) is 0 Å². The van der Waals surface area contributed by atoms with Crippen molar-refractivity contribution in [3.63, 3.8) is 0 Å². The Hall–Kier alpha value is -1.78. The summed E-state index contributed by atoms with van der Waals surface area (Å²) in [5.41, 5.74) is 0.871. The van der Waals surface area contributed by atoms with Crippen LogP contribution in [-0.4, -0.2) is 12.1 Å². The van der Waals surface area contributed by atoms with E-state index in [4.69, 9.17) is 0 Å². The molecule has 0 aliphatic rings. The highest BCUT2D eigenvalue weighted by Gasteiger charge is 2.38. The highest BCUT2D eigenvalue weighted by molar-refractivity contribution is 5.84. The molecule has 0 heterocycles. The van der Waals surface area contributed by atoms with Crippen molar-refractivity contribution in [3.8, 4) is 0 Å². The molecule has 0 atom stereocenters. The highest BCUT2D eigenvalue weighted by atomic mass is 19.4. The van der Waals surface area contributed by atoms with Gasteiger partial charge in [0.2, 0.25) is 0 Å². The van der Waals surface area contributed by atoms with Gasteiger partial charge in [-0.1, -0.05) is 30.3 Å². The molecule has 1 amide bonds. The molecule has 1 aromatic rings. The highest BCUT2D eigenvalue weighted by Crippen LogP contribution is 2.15. The van der Waals surface area contributed by atoms with Gasteiger partial charge >= 0.3 is 12.1 Å². The van der Waals surface area contributed by atoms with Gasteiger partial charge in [0.05, 0.1) is 0 Å². The first-order chi connectivity index (χ1) is 7.39. The summed E-state index contributed by atoms with van der Waals surface area (Å²) in [6.45, 7) is 1.40. The standard InChI is InChI=1S/C11H10F3NO/c1-8(15-10(16)11(12,13)14)7-9-5-3-2-4-6-9/h2-7H,1H3,(H,15,16). The van der Waals surface area contributed by atoms with Crippen LogP contribution in [0, 0.1) is 0 Å². The molecule has 0 saturated heterocycles. The number of alkyl halides is 3. The monoisotopic (exact) mass is 229 g/mol. The van der Waals surface area contributed by atoms with E-state index < -0.39 is 12.1 Å². The Morgan fingerprint density at radius 1 is 1.25 bits per heavy atom. The molecule has 0 aliphatic heterocycles. The van der Waals surface area contributed by atoms with Gasteiger partial charge in [-0.15, -0.1) is 0 Å². The van der Waals surface area contributed by atoms with Gasteiger partial charge in [-0.3, -0.25) is 4.79 Å². The fourth-order valence-electron chi connectivity index (χ4n) is 1.09. The normalized spacial score (nSPS) is 12.4. The van der Waals surface area contributed by atoms with Crippen LogP contribution >= 0.6 is 0 Å². The third kappa shape index (κ3) is 3.76. The fourth-order valence-corrected chi connectivity index (χ4v) is 1.09. The SMILES string of the molecule is CC(=Cc1ccccc1)NC(=O)C(F)(F)F. The Morgan fingerprint density at radius 3 is 2.31 bits per heavy atom. The summed E-state index contributed by atoms with van der Waals surface area (Å²) in [5.74, 6) is -1.96. The largest absolute Gasteiger partial charge is 0.471 e. The molecule has 0 aromatic heterocycles. The molecule has 0 fully saturated rings. The third-order valence-electron chi connectivity index (χ3n) is 1.75. The molecule has 0 unspecified atom stereocenters. The van der Waals surface area contributed by atoms with Crippen molar-refractivity contribution >= 4 is 12.0 Å². The van der Waals surface area contributed by atoms with Crippen molar-refractivity contribution in [1.29, 1.82) is 0 Å². The lowest BCUT2D eigenvalue weighted by molar-refractivity contribution is -0.172. The average molecular weight is 229 g/mol. The van der Waals surface area contributed by atoms with Gasteiger partial charge in [0.25, 0.3) is 0 Å². The number of amides is 1. The van der Waals surface area contributed by atoms with E-state index in [1.165, 1.54) is 13.0 Å². The first kappa shape index (κ1) is 12.3. The second kappa shape index (κ2) is 4.83. The summed E-state index contributed by atoms with van der Waals surface area (Å²) >= 11 is 0. The van der Waals surface area contributed by atoms with Crippen molar-refractivity contribution in [3.05, 3.63) is 41.6 Å². The molecule has 5 heteroatoms. The van der Waals surface area contributed by atoms with E-state index in [0.29, 0.717) is 0 Å². The summed E-state index contributed by atoms with van der Waals surface area (Å²) in [6.07, 6.45) is -3.39. The summed E-state index contributed by atoms with van der Waals surface area (Å²) in [7, 11) is 0. The smallest absolute Gasteiger partial charge is 0.322 e. The van der Waals surface area contributed by atoms with Crippen LogP contribution in [-0.2, 0) is 4.79 Å². The molecule has 0 bridgehead atoms. The van der Waals surface area contributed by atoms with Crippen LogP contribution in [0.25, 0.3) is 6.08 Å². The van der Waals surface area contributed by atoms with Crippen LogP contribution in [0.15, 0.2) is 36.0 Å². The van der Waals surface area contributed by atoms with Crippen molar-refractivity contribution in [2.45, 2.75) is 13.1 Å². The Kier molecular flexibility index (Phi) is 3.71. The number of rotatable bonds is 2. The van der Waals surface area contributed by atoms with E-state index >= 15 is 0 Å². The van der Waals surface area contributed by atoms with Gasteiger partial charge in [0, 0.05) is 5.70 Å². The predicted molar refractivity (Wildman–Crippen MR) is 54.3 cm³/mol. The maximum Gasteiger partial charge on any atom is 0.471 e. The van der Waals surface area contributed by atoms with Crippen LogP contribution < -0.4 is 5.32 Å². The number of benzene rings is 1. The maximum absolute atomic E-state index is 11.9. The van der Waals surface area contributed by atoms with Crippen LogP contribution in [0.2, 0.25) is 0 Å². The molecule has 16 heavy (non-hydrogen) atoms. The molecule has 2 nitrogen and oxygen atoms in total. The minimum atomic E-state index is -4.86. The van der Waals surface area contributed by atoms with Crippen LogP contribution in [0.1, 0.15) is 12.5 Å². The van der Waals surface area contributed by atoms with Crippen molar-refractivity contribution in [1.82, 2.24) is 5.32 Å². The number of nitrogens with one attached hydrogen (secondary N) is 1. The van der Waals surface area contributed by atoms with Gasteiger partial charge in [0.15, 0.2) is 0 Å². The van der Waals surface area contributed by atoms with Crippen molar-refractivity contribution in [2.75, 3.05) is 0 Å². The Morgan fingerprint density at radius 2 is 1.81 bits per heavy atom. The van der Waals surface area contributed by atoms with E-state index in [0.717, 1.165) is 5.56 Å². The van der Waals surface area contributed by atoms with E-state index in [2.05, 4.69) is 0 Å². The molecule has 1 N–H and O–H groups in total. The second-order valence-corrected chi connectivity index (χ2v) is 3.19. The van der Waals surface area contributed by atoms with E-state index in [1.54, 1.807) is 35.6 Å². The number of carbonyl (C=O) groups excluding carboxylic acids is 1. The first-order valence-electron chi connectivity index (χ1n) is 4.51. The van der Waals surface area contributed by atoms with Gasteiger partial charge < -0.3 is 5.32 Å². The van der Waals surface area contributed by atoms with E-state index in [-0.39, 0.29) is 5.70 Å². The number of hydrogen-bond acceptors (Lipinski definition) is 1. The lowest BCUT2D eigenvalue weighted by Gasteiger charge is -2.07. The minimum absolute atomic E-state index is 0.147. The topological polar surface area (TPSA) is 29.1 Å². The molecule has 0 spiro atoms. The molecule has 0 radical (unpaired) electrons. The number of hydrogen-bond donors (Lipinski definition) is 1. The lowest BCUT2D eigenvalue weighted by atomic mass is 10.2. The number of carbonyl (C=O) groups is 1. The lowest BCUT2D eigenvalue weighted by Crippen LogP contribution is -2.35. The zero-order chi connectivity index (χ0) is 12.2. The van der Waals surface area contributed by atoms with E-state index in [9.17, 15) is 18.0 Å². The molecule has 1 aromatic carbocycles. The summed E-state index contributed by atoms with van der Waals surface area (Å²) in [6, 6.07) is 8.75. The minimum Gasteiger partial charge on any atom is -0.322 e. The Balaban J connectivity index is 2.70. The van der Waals surface area contributed by atoms with Crippen LogP contribution in [0.4, 0.5) is 13.2 Å². The zero-order valence-electron chi connectivity index (χ0n) is 8.51. The number of halogens is 3. The van der Waals surface area contributed by atoms with Crippen molar-refractivity contribution < 1.29 is 18.0 Å². The number of allylic oxidation sites excluding steroid dienone is 1. The summed E-state index contributed by atoms with van der Waals surface area (Å²) in [4.78, 5) is 10.6. The van der Waals surface area contributed by atoms with Crippen LogP contribution in [0.5, 0.6) is 0 Å². The summed E-state index contributed by atoms with van der Waals surface area (Å²) < 4.78 is 35.7. The summed E-state index contributed by atoms with van der Waals surface area (Å²) in [5, 5.41) is 1.77.